The summed E-state index contributed by atoms with van der Waals surface area (Å²) in [6, 6.07) is 1.41. The first-order valence-corrected chi connectivity index (χ1v) is 7.15. The highest BCUT2D eigenvalue weighted by atomic mass is 16.5. The number of rotatable bonds is 3. The summed E-state index contributed by atoms with van der Waals surface area (Å²) < 4.78 is 5.71. The molecule has 1 aliphatic heterocycles. The molecule has 1 saturated carbocycles. The van der Waals surface area contributed by atoms with Crippen LogP contribution in [0.2, 0.25) is 0 Å². The molecule has 17 heavy (non-hydrogen) atoms. The van der Waals surface area contributed by atoms with Crippen LogP contribution in [0.3, 0.4) is 0 Å². The quantitative estimate of drug-likeness (QED) is 0.817. The van der Waals surface area contributed by atoms with Gasteiger partial charge in [0.1, 0.15) is 0 Å². The Labute approximate surface area is 106 Å². The maximum Gasteiger partial charge on any atom is 0.0777 e. The molecule has 2 rings (SSSR count). The maximum absolute atomic E-state index is 5.71. The molecule has 100 valence electrons. The molecule has 3 heteroatoms. The van der Waals surface area contributed by atoms with Crippen LogP contribution in [-0.4, -0.2) is 49.8 Å². The van der Waals surface area contributed by atoms with Crippen LogP contribution >= 0.6 is 0 Å². The van der Waals surface area contributed by atoms with E-state index < -0.39 is 0 Å². The molecule has 0 aromatic carbocycles. The average molecular weight is 240 g/mol. The molecule has 0 amide bonds. The molecule has 0 aromatic heterocycles. The van der Waals surface area contributed by atoms with Crippen molar-refractivity contribution in [3.05, 3.63) is 0 Å². The van der Waals surface area contributed by atoms with E-state index in [-0.39, 0.29) is 5.60 Å². The molecule has 3 unspecified atom stereocenters. The van der Waals surface area contributed by atoms with Crippen LogP contribution in [0.4, 0.5) is 0 Å². The molecule has 3 nitrogen and oxygen atoms in total. The van der Waals surface area contributed by atoms with Gasteiger partial charge in [0.25, 0.3) is 0 Å². The van der Waals surface area contributed by atoms with Gasteiger partial charge in [-0.2, -0.15) is 0 Å². The summed E-state index contributed by atoms with van der Waals surface area (Å²) in [4.78, 5) is 2.67. The highest BCUT2D eigenvalue weighted by molar-refractivity contribution is 4.93. The summed E-state index contributed by atoms with van der Waals surface area (Å²) in [6.45, 7) is 4.62. The zero-order chi connectivity index (χ0) is 12.3. The van der Waals surface area contributed by atoms with Crippen molar-refractivity contribution in [3.8, 4) is 0 Å². The van der Waals surface area contributed by atoms with Crippen LogP contribution in [0, 0.1) is 0 Å². The fourth-order valence-corrected chi connectivity index (χ4v) is 3.58. The molecule has 0 bridgehead atoms. The third kappa shape index (κ3) is 3.01. The Morgan fingerprint density at radius 3 is 2.71 bits per heavy atom. The number of hydrogen-bond donors (Lipinski definition) is 1. The predicted octanol–water partition coefficient (Wildman–Crippen LogP) is 2.02. The number of nitrogens with zero attached hydrogens (tertiary/aromatic N) is 1. The smallest absolute Gasteiger partial charge is 0.0777 e. The summed E-state index contributed by atoms with van der Waals surface area (Å²) in [5.41, 5.74) is 0.0774. The second-order valence-electron chi connectivity index (χ2n) is 5.98. The lowest BCUT2D eigenvalue weighted by molar-refractivity contribution is -0.0680. The van der Waals surface area contributed by atoms with Crippen LogP contribution in [0.5, 0.6) is 0 Å². The standard InChI is InChI=1S/C14H28N2O/c1-14(17-3)9-6-10-16(11-14)13-8-5-4-7-12(13)15-2/h12-13,15H,4-11H2,1-3H3. The molecule has 1 saturated heterocycles. The fraction of sp³-hybridized carbons (Fsp3) is 1.00. The van der Waals surface area contributed by atoms with Gasteiger partial charge < -0.3 is 10.1 Å². The van der Waals surface area contributed by atoms with Crippen molar-refractivity contribution in [2.45, 2.75) is 63.1 Å². The zero-order valence-electron chi connectivity index (χ0n) is 11.7. The van der Waals surface area contributed by atoms with Gasteiger partial charge in [0, 0.05) is 25.7 Å². The third-order valence-corrected chi connectivity index (χ3v) is 4.75. The second-order valence-corrected chi connectivity index (χ2v) is 5.98. The molecular weight excluding hydrogens is 212 g/mol. The van der Waals surface area contributed by atoms with Gasteiger partial charge in [-0.3, -0.25) is 4.90 Å². The predicted molar refractivity (Wildman–Crippen MR) is 71.3 cm³/mol. The minimum Gasteiger partial charge on any atom is -0.377 e. The van der Waals surface area contributed by atoms with Crippen molar-refractivity contribution >= 4 is 0 Å². The highest BCUT2D eigenvalue weighted by Gasteiger charge is 2.37. The number of nitrogens with one attached hydrogen (secondary N) is 1. The van der Waals surface area contributed by atoms with Crippen molar-refractivity contribution in [1.82, 2.24) is 10.2 Å². The number of methoxy groups -OCH3 is 1. The number of piperidine rings is 1. The molecule has 2 aliphatic rings. The first kappa shape index (κ1) is 13.3. The lowest BCUT2D eigenvalue weighted by Crippen LogP contribution is -2.57. The molecule has 1 aliphatic carbocycles. The van der Waals surface area contributed by atoms with Gasteiger partial charge in [-0.15, -0.1) is 0 Å². The van der Waals surface area contributed by atoms with Gasteiger partial charge in [0.2, 0.25) is 0 Å². The summed E-state index contributed by atoms with van der Waals surface area (Å²) in [6.07, 6.45) is 7.95. The number of hydrogen-bond acceptors (Lipinski definition) is 3. The van der Waals surface area contributed by atoms with E-state index in [4.69, 9.17) is 4.74 Å². The van der Waals surface area contributed by atoms with Gasteiger partial charge in [-0.05, 0) is 46.2 Å². The lowest BCUT2D eigenvalue weighted by Gasteiger charge is -2.47. The normalized spacial score (nSPS) is 40.4. The van der Waals surface area contributed by atoms with Crippen molar-refractivity contribution < 1.29 is 4.74 Å². The van der Waals surface area contributed by atoms with E-state index in [1.165, 1.54) is 45.1 Å². The molecule has 0 spiro atoms. The topological polar surface area (TPSA) is 24.5 Å². The van der Waals surface area contributed by atoms with Crippen molar-refractivity contribution in [2.75, 3.05) is 27.2 Å². The summed E-state index contributed by atoms with van der Waals surface area (Å²) in [5.74, 6) is 0. The monoisotopic (exact) mass is 240 g/mol. The van der Waals surface area contributed by atoms with Crippen LogP contribution in [0.25, 0.3) is 0 Å². The number of ether oxygens (including phenoxy) is 1. The van der Waals surface area contributed by atoms with E-state index in [0.29, 0.717) is 6.04 Å². The lowest BCUT2D eigenvalue weighted by atomic mass is 9.86. The Hall–Kier alpha value is -0.120. The van der Waals surface area contributed by atoms with Crippen molar-refractivity contribution in [2.24, 2.45) is 0 Å². The largest absolute Gasteiger partial charge is 0.377 e. The minimum atomic E-state index is 0.0774. The summed E-state index contributed by atoms with van der Waals surface area (Å²) >= 11 is 0. The van der Waals surface area contributed by atoms with Crippen LogP contribution in [0.1, 0.15) is 45.4 Å². The second kappa shape index (κ2) is 5.68. The van der Waals surface area contributed by atoms with E-state index in [9.17, 15) is 0 Å². The third-order valence-electron chi connectivity index (χ3n) is 4.75. The molecule has 0 aromatic rings. The SMILES string of the molecule is CNC1CCCCC1N1CCCC(C)(OC)C1. The summed E-state index contributed by atoms with van der Waals surface area (Å²) in [7, 11) is 3.97. The first-order valence-electron chi connectivity index (χ1n) is 7.15. The summed E-state index contributed by atoms with van der Waals surface area (Å²) in [5, 5.41) is 3.51. The Morgan fingerprint density at radius 1 is 1.24 bits per heavy atom. The van der Waals surface area contributed by atoms with Gasteiger partial charge in [-0.1, -0.05) is 12.8 Å². The van der Waals surface area contributed by atoms with Gasteiger partial charge in [-0.25, -0.2) is 0 Å². The molecule has 0 radical (unpaired) electrons. The van der Waals surface area contributed by atoms with Crippen LogP contribution < -0.4 is 5.32 Å². The van der Waals surface area contributed by atoms with E-state index in [1.54, 1.807) is 0 Å². The van der Waals surface area contributed by atoms with E-state index in [2.05, 4.69) is 24.2 Å². The Kier molecular flexibility index (Phi) is 4.45. The first-order chi connectivity index (χ1) is 8.18. The van der Waals surface area contributed by atoms with E-state index in [1.807, 2.05) is 7.11 Å². The van der Waals surface area contributed by atoms with Gasteiger partial charge in [0.15, 0.2) is 0 Å². The van der Waals surface area contributed by atoms with Crippen molar-refractivity contribution in [1.29, 1.82) is 0 Å². The zero-order valence-corrected chi connectivity index (χ0v) is 11.7. The van der Waals surface area contributed by atoms with E-state index in [0.717, 1.165) is 12.6 Å². The maximum atomic E-state index is 5.71. The Balaban J connectivity index is 2.00. The minimum absolute atomic E-state index is 0.0774. The average Bonchev–Trinajstić information content (AvgIpc) is 2.39. The Morgan fingerprint density at radius 2 is 2.00 bits per heavy atom. The van der Waals surface area contributed by atoms with E-state index >= 15 is 0 Å². The van der Waals surface area contributed by atoms with Crippen LogP contribution in [0.15, 0.2) is 0 Å². The van der Waals surface area contributed by atoms with Gasteiger partial charge >= 0.3 is 0 Å². The molecule has 3 atom stereocenters. The molecular formula is C14H28N2O. The molecule has 1 heterocycles. The number of likely N-dealkylation sites (tertiary alicyclic amines) is 1. The van der Waals surface area contributed by atoms with Crippen LogP contribution in [-0.2, 0) is 4.74 Å². The molecule has 1 N–H and O–H groups in total. The van der Waals surface area contributed by atoms with Crippen molar-refractivity contribution in [3.63, 3.8) is 0 Å². The van der Waals surface area contributed by atoms with Gasteiger partial charge in [0.05, 0.1) is 5.60 Å². The Bertz CT molecular complexity index is 246. The fourth-order valence-electron chi connectivity index (χ4n) is 3.58. The molecule has 2 fully saturated rings. The number of likely N-dealkylation sites (N-methyl/N-ethyl adjacent to an activating group) is 1. The highest BCUT2D eigenvalue weighted by Crippen LogP contribution is 2.30.